The highest BCUT2D eigenvalue weighted by Gasteiger charge is 2.16. The fraction of sp³-hybridized carbons (Fsp3) is 0.231. The summed E-state index contributed by atoms with van der Waals surface area (Å²) in [7, 11) is 1.46. The number of benzene rings is 1. The molecule has 1 aromatic carbocycles. The zero-order valence-electron chi connectivity index (χ0n) is 9.26. The van der Waals surface area contributed by atoms with Crippen molar-refractivity contribution in [2.24, 2.45) is 5.92 Å². The third kappa shape index (κ3) is 2.44. The Kier molecular flexibility index (Phi) is 4.14. The van der Waals surface area contributed by atoms with E-state index in [-0.39, 0.29) is 11.7 Å². The van der Waals surface area contributed by atoms with E-state index in [1.165, 1.54) is 13.2 Å². The van der Waals surface area contributed by atoms with Crippen LogP contribution < -0.4 is 4.74 Å². The Morgan fingerprint density at radius 3 is 2.44 bits per heavy atom. The minimum absolute atomic E-state index is 0.0483. The Bertz CT molecular complexity index is 377. The van der Waals surface area contributed by atoms with Crippen LogP contribution in [-0.4, -0.2) is 17.3 Å². The van der Waals surface area contributed by atoms with Gasteiger partial charge in [0.05, 0.1) is 13.2 Å². The van der Waals surface area contributed by atoms with Gasteiger partial charge in [-0.05, 0) is 17.7 Å². The van der Waals surface area contributed by atoms with Gasteiger partial charge < -0.3 is 14.9 Å². The maximum Gasteiger partial charge on any atom is 0.160 e. The standard InChI is InChI=1S/C13H16O3/c1-4-9(5-2)13(15)10-6-7-11(14)12(8-10)16-3/h4-9,13-15H,1-2H2,3H3. The maximum absolute atomic E-state index is 10.0. The number of ether oxygens (including phenoxy) is 1. The molecule has 1 rings (SSSR count). The summed E-state index contributed by atoms with van der Waals surface area (Å²) >= 11 is 0. The highest BCUT2D eigenvalue weighted by Crippen LogP contribution is 2.31. The average Bonchev–Trinajstić information content (AvgIpc) is 2.31. The van der Waals surface area contributed by atoms with E-state index < -0.39 is 6.10 Å². The Morgan fingerprint density at radius 1 is 1.31 bits per heavy atom. The lowest BCUT2D eigenvalue weighted by molar-refractivity contribution is 0.151. The van der Waals surface area contributed by atoms with Crippen molar-refractivity contribution in [2.45, 2.75) is 6.10 Å². The number of phenols is 1. The molecule has 0 bridgehead atoms. The molecule has 2 N–H and O–H groups in total. The Balaban J connectivity index is 3.03. The largest absolute Gasteiger partial charge is 0.504 e. The summed E-state index contributed by atoms with van der Waals surface area (Å²) in [6.45, 7) is 7.25. The van der Waals surface area contributed by atoms with Crippen molar-refractivity contribution < 1.29 is 14.9 Å². The first-order valence-corrected chi connectivity index (χ1v) is 4.94. The van der Waals surface area contributed by atoms with Crippen molar-refractivity contribution in [1.82, 2.24) is 0 Å². The van der Waals surface area contributed by atoms with E-state index in [9.17, 15) is 10.2 Å². The second-order valence-electron chi connectivity index (χ2n) is 3.42. The molecule has 0 saturated carbocycles. The molecule has 3 nitrogen and oxygen atoms in total. The van der Waals surface area contributed by atoms with Gasteiger partial charge in [-0.1, -0.05) is 18.2 Å². The predicted octanol–water partition coefficient (Wildman–Crippen LogP) is 2.42. The Labute approximate surface area is 95.3 Å². The second kappa shape index (κ2) is 5.37. The molecule has 0 heterocycles. The molecular formula is C13H16O3. The molecule has 16 heavy (non-hydrogen) atoms. The smallest absolute Gasteiger partial charge is 0.160 e. The van der Waals surface area contributed by atoms with Gasteiger partial charge in [-0.15, -0.1) is 13.2 Å². The van der Waals surface area contributed by atoms with Crippen LogP contribution in [0.2, 0.25) is 0 Å². The van der Waals surface area contributed by atoms with Crippen LogP contribution in [0.5, 0.6) is 11.5 Å². The number of aromatic hydroxyl groups is 1. The highest BCUT2D eigenvalue weighted by molar-refractivity contribution is 5.42. The minimum Gasteiger partial charge on any atom is -0.504 e. The molecule has 0 aliphatic carbocycles. The van der Waals surface area contributed by atoms with Crippen molar-refractivity contribution >= 4 is 0 Å². The Morgan fingerprint density at radius 2 is 1.94 bits per heavy atom. The number of methoxy groups -OCH3 is 1. The van der Waals surface area contributed by atoms with E-state index in [1.54, 1.807) is 24.3 Å². The number of hydrogen-bond donors (Lipinski definition) is 2. The van der Waals surface area contributed by atoms with Crippen LogP contribution in [0.4, 0.5) is 0 Å². The molecule has 86 valence electrons. The van der Waals surface area contributed by atoms with Crippen molar-refractivity contribution in [2.75, 3.05) is 7.11 Å². The van der Waals surface area contributed by atoms with Crippen LogP contribution in [0, 0.1) is 5.92 Å². The van der Waals surface area contributed by atoms with Gasteiger partial charge in [-0.25, -0.2) is 0 Å². The lowest BCUT2D eigenvalue weighted by Crippen LogP contribution is -2.07. The molecular weight excluding hydrogens is 204 g/mol. The molecule has 0 saturated heterocycles. The van der Waals surface area contributed by atoms with Gasteiger partial charge in [-0.2, -0.15) is 0 Å². The summed E-state index contributed by atoms with van der Waals surface area (Å²) in [6, 6.07) is 4.73. The van der Waals surface area contributed by atoms with Crippen molar-refractivity contribution in [3.05, 3.63) is 49.1 Å². The monoisotopic (exact) mass is 220 g/mol. The van der Waals surface area contributed by atoms with Crippen LogP contribution in [0.15, 0.2) is 43.5 Å². The normalized spacial score (nSPS) is 12.2. The van der Waals surface area contributed by atoms with Crippen molar-refractivity contribution in [3.63, 3.8) is 0 Å². The van der Waals surface area contributed by atoms with Gasteiger partial charge >= 0.3 is 0 Å². The molecule has 3 heteroatoms. The number of phenolic OH excluding ortho intramolecular Hbond substituents is 1. The van der Waals surface area contributed by atoms with Crippen molar-refractivity contribution in [3.8, 4) is 11.5 Å². The molecule has 0 aliphatic rings. The molecule has 0 fully saturated rings. The van der Waals surface area contributed by atoms with Crippen LogP contribution in [-0.2, 0) is 0 Å². The average molecular weight is 220 g/mol. The number of rotatable bonds is 5. The topological polar surface area (TPSA) is 49.7 Å². The minimum atomic E-state index is -0.732. The number of aliphatic hydroxyl groups is 1. The maximum atomic E-state index is 10.0. The number of hydrogen-bond acceptors (Lipinski definition) is 3. The van der Waals surface area contributed by atoms with E-state index in [0.29, 0.717) is 11.3 Å². The van der Waals surface area contributed by atoms with Crippen molar-refractivity contribution in [1.29, 1.82) is 0 Å². The summed E-state index contributed by atoms with van der Waals surface area (Å²) in [4.78, 5) is 0. The first-order chi connectivity index (χ1) is 7.63. The molecule has 0 aromatic heterocycles. The molecule has 1 unspecified atom stereocenters. The zero-order valence-corrected chi connectivity index (χ0v) is 9.26. The fourth-order valence-electron chi connectivity index (χ4n) is 1.45. The van der Waals surface area contributed by atoms with Gasteiger partial charge in [-0.3, -0.25) is 0 Å². The summed E-state index contributed by atoms with van der Waals surface area (Å²) in [6.07, 6.45) is 2.51. The van der Waals surface area contributed by atoms with E-state index in [1.807, 2.05) is 0 Å². The van der Waals surface area contributed by atoms with Crippen LogP contribution >= 0.6 is 0 Å². The third-order valence-electron chi connectivity index (χ3n) is 2.45. The van der Waals surface area contributed by atoms with Crippen LogP contribution in [0.25, 0.3) is 0 Å². The third-order valence-corrected chi connectivity index (χ3v) is 2.45. The molecule has 0 radical (unpaired) electrons. The first-order valence-electron chi connectivity index (χ1n) is 4.94. The Hall–Kier alpha value is -1.74. The molecule has 0 spiro atoms. The lowest BCUT2D eigenvalue weighted by Gasteiger charge is -2.17. The quantitative estimate of drug-likeness (QED) is 0.749. The summed E-state index contributed by atoms with van der Waals surface area (Å²) in [5.74, 6) is 0.157. The van der Waals surface area contributed by atoms with Gasteiger partial charge in [0.15, 0.2) is 11.5 Å². The van der Waals surface area contributed by atoms with Gasteiger partial charge in [0.25, 0.3) is 0 Å². The number of aliphatic hydroxyl groups excluding tert-OH is 1. The molecule has 0 amide bonds. The molecule has 1 atom stereocenters. The van der Waals surface area contributed by atoms with Gasteiger partial charge in [0.2, 0.25) is 0 Å². The first kappa shape index (κ1) is 12.3. The summed E-state index contributed by atoms with van der Waals surface area (Å²) in [5, 5.41) is 19.4. The van der Waals surface area contributed by atoms with E-state index in [4.69, 9.17) is 4.74 Å². The summed E-state index contributed by atoms with van der Waals surface area (Å²) in [5.41, 5.74) is 0.652. The fourth-order valence-corrected chi connectivity index (χ4v) is 1.45. The zero-order chi connectivity index (χ0) is 12.1. The summed E-state index contributed by atoms with van der Waals surface area (Å²) < 4.78 is 4.97. The van der Waals surface area contributed by atoms with Crippen LogP contribution in [0.1, 0.15) is 11.7 Å². The predicted molar refractivity (Wildman–Crippen MR) is 63.5 cm³/mol. The van der Waals surface area contributed by atoms with E-state index in [2.05, 4.69) is 13.2 Å². The SMILES string of the molecule is C=CC(C=C)C(O)c1ccc(O)c(OC)c1. The lowest BCUT2D eigenvalue weighted by atomic mass is 9.95. The molecule has 1 aromatic rings. The van der Waals surface area contributed by atoms with Crippen LogP contribution in [0.3, 0.4) is 0 Å². The van der Waals surface area contributed by atoms with E-state index in [0.717, 1.165) is 0 Å². The van der Waals surface area contributed by atoms with Gasteiger partial charge in [0, 0.05) is 5.92 Å². The highest BCUT2D eigenvalue weighted by atomic mass is 16.5. The van der Waals surface area contributed by atoms with Gasteiger partial charge in [0.1, 0.15) is 0 Å². The second-order valence-corrected chi connectivity index (χ2v) is 3.42. The molecule has 0 aliphatic heterocycles. The van der Waals surface area contributed by atoms with E-state index >= 15 is 0 Å².